The molecule has 1 aromatic rings. The van der Waals surface area contributed by atoms with Crippen LogP contribution in [0.5, 0.6) is 0 Å². The largest absolute Gasteiger partial charge is 0.0654 e. The highest BCUT2D eigenvalue weighted by molar-refractivity contribution is 5.25. The molecule has 1 rings (SSSR count). The van der Waals surface area contributed by atoms with Gasteiger partial charge in [-0.25, -0.2) is 0 Å². The van der Waals surface area contributed by atoms with Gasteiger partial charge in [0, 0.05) is 0 Å². The van der Waals surface area contributed by atoms with Gasteiger partial charge in [-0.1, -0.05) is 95.4 Å². The minimum atomic E-state index is 1.27. The Bertz CT molecular complexity index is 327. The normalized spacial score (nSPS) is 10.9. The molecule has 0 fully saturated rings. The summed E-state index contributed by atoms with van der Waals surface area (Å²) in [5.74, 6) is 0. The van der Waals surface area contributed by atoms with E-state index in [1.54, 1.807) is 5.56 Å². The summed E-state index contributed by atoms with van der Waals surface area (Å²) in [7, 11) is 0. The molecule has 0 radical (unpaired) electrons. The van der Waals surface area contributed by atoms with Gasteiger partial charge in [0.05, 0.1) is 0 Å². The predicted octanol–water partition coefficient (Wildman–Crippen LogP) is 6.85. The van der Waals surface area contributed by atoms with Crippen LogP contribution in [-0.2, 0) is 6.42 Å². The smallest absolute Gasteiger partial charge is 0.0276 e. The molecule has 0 nitrogen and oxygen atoms in total. The van der Waals surface area contributed by atoms with Gasteiger partial charge >= 0.3 is 0 Å². The van der Waals surface area contributed by atoms with E-state index in [4.69, 9.17) is 0 Å². The summed E-state index contributed by atoms with van der Waals surface area (Å²) < 4.78 is 0. The first kappa shape index (κ1) is 17.3. The number of hydrogen-bond acceptors (Lipinski definition) is 0. The van der Waals surface area contributed by atoms with Crippen molar-refractivity contribution in [1.82, 2.24) is 0 Å². The molecule has 20 heavy (non-hydrogen) atoms. The number of aryl methyl sites for hydroxylation is 2. The van der Waals surface area contributed by atoms with Crippen LogP contribution < -0.4 is 0 Å². The summed E-state index contributed by atoms with van der Waals surface area (Å²) in [4.78, 5) is 0. The summed E-state index contributed by atoms with van der Waals surface area (Å²) in [6.07, 6.45) is 17.0. The maximum Gasteiger partial charge on any atom is -0.0276 e. The lowest BCUT2D eigenvalue weighted by Gasteiger charge is -2.05. The molecule has 0 atom stereocenters. The maximum atomic E-state index is 2.29. The summed E-state index contributed by atoms with van der Waals surface area (Å²) in [6.45, 7) is 4.52. The molecule has 0 bridgehead atoms. The van der Waals surface area contributed by atoms with Crippen molar-refractivity contribution in [3.05, 3.63) is 35.4 Å². The van der Waals surface area contributed by atoms with Gasteiger partial charge in [0.15, 0.2) is 0 Å². The Hall–Kier alpha value is -0.780. The molecule has 0 saturated carbocycles. The zero-order chi connectivity index (χ0) is 14.5. The molecule has 0 unspecified atom stereocenters. The molecule has 0 heteroatoms. The molecular formula is C20H34. The highest BCUT2D eigenvalue weighted by Gasteiger charge is 1.97. The Kier molecular flexibility index (Phi) is 10.4. The van der Waals surface area contributed by atoms with E-state index in [9.17, 15) is 0 Å². The van der Waals surface area contributed by atoms with Crippen LogP contribution in [0.4, 0.5) is 0 Å². The van der Waals surface area contributed by atoms with E-state index in [2.05, 4.69) is 38.1 Å². The molecule has 1 aromatic carbocycles. The van der Waals surface area contributed by atoms with Gasteiger partial charge in [-0.15, -0.1) is 0 Å². The molecule has 0 aliphatic carbocycles. The van der Waals surface area contributed by atoms with Crippen molar-refractivity contribution in [1.29, 1.82) is 0 Å². The highest BCUT2D eigenvalue weighted by Crippen LogP contribution is 2.14. The molecule has 0 saturated heterocycles. The molecule has 0 spiro atoms. The first-order chi connectivity index (χ1) is 9.84. The quantitative estimate of drug-likeness (QED) is 0.366. The second-order valence-corrected chi connectivity index (χ2v) is 6.21. The van der Waals surface area contributed by atoms with E-state index in [1.807, 2.05) is 0 Å². The fourth-order valence-corrected chi connectivity index (χ4v) is 2.87. The van der Waals surface area contributed by atoms with Gasteiger partial charge in [0.25, 0.3) is 0 Å². The summed E-state index contributed by atoms with van der Waals surface area (Å²) in [5, 5.41) is 0. The molecule has 0 aliphatic rings. The van der Waals surface area contributed by atoms with E-state index < -0.39 is 0 Å². The van der Waals surface area contributed by atoms with Gasteiger partial charge in [0.2, 0.25) is 0 Å². The van der Waals surface area contributed by atoms with Gasteiger partial charge < -0.3 is 0 Å². The van der Waals surface area contributed by atoms with Gasteiger partial charge in [-0.3, -0.25) is 0 Å². The Balaban J connectivity index is 1.87. The van der Waals surface area contributed by atoms with Crippen LogP contribution in [0, 0.1) is 6.92 Å². The van der Waals surface area contributed by atoms with Crippen LogP contribution in [0.25, 0.3) is 0 Å². The Morgan fingerprint density at radius 3 is 1.70 bits per heavy atom. The average molecular weight is 274 g/mol. The number of benzene rings is 1. The molecule has 0 heterocycles. The predicted molar refractivity (Wildman–Crippen MR) is 91.3 cm³/mol. The number of rotatable bonds is 12. The number of hydrogen-bond donors (Lipinski definition) is 0. The molecule has 0 N–H and O–H groups in total. The second-order valence-electron chi connectivity index (χ2n) is 6.21. The van der Waals surface area contributed by atoms with Crippen molar-refractivity contribution in [3.8, 4) is 0 Å². The lowest BCUT2D eigenvalue weighted by atomic mass is 10.0. The van der Waals surface area contributed by atoms with Crippen molar-refractivity contribution in [2.45, 2.75) is 90.9 Å². The third-order valence-corrected chi connectivity index (χ3v) is 4.31. The fraction of sp³-hybridized carbons (Fsp3) is 0.700. The zero-order valence-corrected chi connectivity index (χ0v) is 13.8. The van der Waals surface area contributed by atoms with Gasteiger partial charge in [-0.05, 0) is 30.9 Å². The van der Waals surface area contributed by atoms with Crippen molar-refractivity contribution in [2.24, 2.45) is 0 Å². The van der Waals surface area contributed by atoms with Crippen molar-refractivity contribution >= 4 is 0 Å². The minimum absolute atomic E-state index is 1.27. The van der Waals surface area contributed by atoms with E-state index in [1.165, 1.54) is 82.6 Å². The standard InChI is InChI=1S/C20H34/c1-3-4-5-6-7-8-9-10-11-12-13-17-20-18-15-14-16-19(20)2/h14-16,18H,3-13,17H2,1-2H3. The molecule has 114 valence electrons. The monoisotopic (exact) mass is 274 g/mol. The third-order valence-electron chi connectivity index (χ3n) is 4.31. The van der Waals surface area contributed by atoms with Crippen LogP contribution in [0.15, 0.2) is 24.3 Å². The van der Waals surface area contributed by atoms with Gasteiger partial charge in [0.1, 0.15) is 0 Å². The zero-order valence-electron chi connectivity index (χ0n) is 13.8. The van der Waals surface area contributed by atoms with Crippen molar-refractivity contribution in [2.75, 3.05) is 0 Å². The average Bonchev–Trinajstić information content (AvgIpc) is 2.46. The summed E-state index contributed by atoms with van der Waals surface area (Å²) in [5.41, 5.74) is 3.00. The Morgan fingerprint density at radius 2 is 1.15 bits per heavy atom. The van der Waals surface area contributed by atoms with Crippen LogP contribution >= 0.6 is 0 Å². The maximum absolute atomic E-state index is 2.29. The van der Waals surface area contributed by atoms with E-state index in [-0.39, 0.29) is 0 Å². The molecule has 0 aromatic heterocycles. The topological polar surface area (TPSA) is 0 Å². The van der Waals surface area contributed by atoms with Crippen LogP contribution in [0.2, 0.25) is 0 Å². The molecule has 0 aliphatic heterocycles. The first-order valence-corrected chi connectivity index (χ1v) is 8.89. The van der Waals surface area contributed by atoms with Crippen molar-refractivity contribution < 1.29 is 0 Å². The molecule has 0 amide bonds. The van der Waals surface area contributed by atoms with E-state index >= 15 is 0 Å². The third kappa shape index (κ3) is 8.40. The van der Waals surface area contributed by atoms with Crippen molar-refractivity contribution in [3.63, 3.8) is 0 Å². The van der Waals surface area contributed by atoms with E-state index in [0.29, 0.717) is 0 Å². The van der Waals surface area contributed by atoms with Crippen LogP contribution in [0.1, 0.15) is 88.7 Å². The highest BCUT2D eigenvalue weighted by atomic mass is 14.0. The fourth-order valence-electron chi connectivity index (χ4n) is 2.87. The summed E-state index contributed by atoms with van der Waals surface area (Å²) in [6, 6.07) is 8.82. The molecular weight excluding hydrogens is 240 g/mol. The first-order valence-electron chi connectivity index (χ1n) is 8.89. The van der Waals surface area contributed by atoms with Crippen LogP contribution in [0.3, 0.4) is 0 Å². The minimum Gasteiger partial charge on any atom is -0.0654 e. The Morgan fingerprint density at radius 1 is 0.650 bits per heavy atom. The lowest BCUT2D eigenvalue weighted by Crippen LogP contribution is -1.89. The SMILES string of the molecule is CCCCCCCCCCCCCc1ccccc1C. The van der Waals surface area contributed by atoms with E-state index in [0.717, 1.165) is 0 Å². The Labute approximate surface area is 127 Å². The summed E-state index contributed by atoms with van der Waals surface area (Å²) >= 11 is 0. The lowest BCUT2D eigenvalue weighted by molar-refractivity contribution is 0.549. The second kappa shape index (κ2) is 12.0. The number of unbranched alkanes of at least 4 members (excludes halogenated alkanes) is 10. The van der Waals surface area contributed by atoms with Gasteiger partial charge in [-0.2, -0.15) is 0 Å². The van der Waals surface area contributed by atoms with Crippen LogP contribution in [-0.4, -0.2) is 0 Å².